The number of hydrogen-bond acceptors (Lipinski definition) is 5. The first-order valence-corrected chi connectivity index (χ1v) is 12.5. The van der Waals surface area contributed by atoms with Crippen molar-refractivity contribution in [3.05, 3.63) is 102 Å². The Kier molecular flexibility index (Phi) is 5.96. The van der Waals surface area contributed by atoms with E-state index in [9.17, 15) is 18.0 Å². The van der Waals surface area contributed by atoms with Gasteiger partial charge in [0.1, 0.15) is 0 Å². The van der Waals surface area contributed by atoms with E-state index in [4.69, 9.17) is 4.74 Å². The molecule has 1 aliphatic rings. The number of amides is 1. The molecule has 0 bridgehead atoms. The van der Waals surface area contributed by atoms with Gasteiger partial charge in [0.2, 0.25) is 0 Å². The van der Waals surface area contributed by atoms with Crippen LogP contribution in [0.5, 0.6) is 0 Å². The Hall–Kier alpha value is -4.17. The van der Waals surface area contributed by atoms with E-state index in [1.807, 2.05) is 48.5 Å². The van der Waals surface area contributed by atoms with Gasteiger partial charge >= 0.3 is 5.97 Å². The summed E-state index contributed by atoms with van der Waals surface area (Å²) in [6, 6.07) is 26.2. The Balaban J connectivity index is 1.27. The van der Waals surface area contributed by atoms with E-state index in [-0.39, 0.29) is 10.5 Å². The van der Waals surface area contributed by atoms with E-state index >= 15 is 0 Å². The van der Waals surface area contributed by atoms with Crippen LogP contribution >= 0.6 is 0 Å². The third kappa shape index (κ3) is 4.48. The van der Waals surface area contributed by atoms with Gasteiger partial charge in [0.15, 0.2) is 6.61 Å². The first kappa shape index (κ1) is 22.6. The van der Waals surface area contributed by atoms with E-state index in [0.717, 1.165) is 16.3 Å². The van der Waals surface area contributed by atoms with Gasteiger partial charge in [-0.3, -0.25) is 9.10 Å². The molecule has 0 radical (unpaired) electrons. The minimum Gasteiger partial charge on any atom is -0.452 e. The van der Waals surface area contributed by atoms with E-state index in [0.29, 0.717) is 24.3 Å². The summed E-state index contributed by atoms with van der Waals surface area (Å²) in [7, 11) is -3.85. The van der Waals surface area contributed by atoms with Crippen molar-refractivity contribution in [2.75, 3.05) is 22.8 Å². The Bertz CT molecular complexity index is 1540. The maximum Gasteiger partial charge on any atom is 0.338 e. The number of nitrogens with one attached hydrogen (secondary N) is 1. The van der Waals surface area contributed by atoms with Crippen LogP contribution in [0.3, 0.4) is 0 Å². The number of para-hydroxylation sites is 1. The van der Waals surface area contributed by atoms with Crippen molar-refractivity contribution < 1.29 is 22.7 Å². The van der Waals surface area contributed by atoms with Crippen LogP contribution in [0.25, 0.3) is 10.8 Å². The number of rotatable bonds is 6. The molecule has 7 nitrogen and oxygen atoms in total. The fourth-order valence-electron chi connectivity index (χ4n) is 4.20. The molecule has 0 saturated carbocycles. The van der Waals surface area contributed by atoms with E-state index in [1.54, 1.807) is 18.2 Å². The molecule has 0 unspecified atom stereocenters. The zero-order valence-electron chi connectivity index (χ0n) is 18.7. The van der Waals surface area contributed by atoms with Crippen LogP contribution in [0.15, 0.2) is 95.9 Å². The fraction of sp³-hybridized carbons (Fsp3) is 0.111. The maximum absolute atomic E-state index is 13.3. The van der Waals surface area contributed by atoms with Gasteiger partial charge in [-0.25, -0.2) is 13.2 Å². The third-order valence-corrected chi connectivity index (χ3v) is 7.71. The smallest absolute Gasteiger partial charge is 0.338 e. The number of carbonyl (C=O) groups excluding carboxylic acids is 2. The molecule has 0 aliphatic carbocycles. The number of carbonyl (C=O) groups is 2. The molecule has 0 spiro atoms. The molecule has 5 rings (SSSR count). The Morgan fingerprint density at radius 1 is 0.886 bits per heavy atom. The molecule has 1 N–H and O–H groups in total. The summed E-state index contributed by atoms with van der Waals surface area (Å²) in [5, 5.41) is 4.60. The normalized spacial score (nSPS) is 12.9. The number of fused-ring (bicyclic) bond motifs is 2. The summed E-state index contributed by atoms with van der Waals surface area (Å²) < 4.78 is 33.0. The van der Waals surface area contributed by atoms with E-state index in [2.05, 4.69) is 5.32 Å². The highest BCUT2D eigenvalue weighted by atomic mass is 32.2. The molecule has 1 heterocycles. The van der Waals surface area contributed by atoms with Gasteiger partial charge in [0.25, 0.3) is 15.9 Å². The van der Waals surface area contributed by atoms with Gasteiger partial charge in [-0.15, -0.1) is 0 Å². The summed E-state index contributed by atoms with van der Waals surface area (Å²) >= 11 is 0. The van der Waals surface area contributed by atoms with Crippen LogP contribution in [0.1, 0.15) is 15.9 Å². The second-order valence-electron chi connectivity index (χ2n) is 8.13. The Morgan fingerprint density at radius 2 is 1.63 bits per heavy atom. The number of sulfonamides is 1. The van der Waals surface area contributed by atoms with Crippen LogP contribution in [-0.4, -0.2) is 33.4 Å². The molecule has 4 aromatic carbocycles. The Morgan fingerprint density at radius 3 is 2.51 bits per heavy atom. The monoisotopic (exact) mass is 486 g/mol. The number of nitrogens with zero attached hydrogens (tertiary/aromatic N) is 1. The standard InChI is InChI=1S/C27H22N2O5S/c30-26(28-24-13-6-9-19-7-1-3-12-23(19)24)18-34-27(31)21-10-5-11-22(17-21)35(32,33)29-16-15-20-8-2-4-14-25(20)29/h1-14,17H,15-16,18H2,(H,28,30). The molecular formula is C27H22N2O5S. The number of anilines is 2. The second kappa shape index (κ2) is 9.23. The highest BCUT2D eigenvalue weighted by Gasteiger charge is 2.31. The highest BCUT2D eigenvalue weighted by Crippen LogP contribution is 2.32. The molecule has 8 heteroatoms. The van der Waals surface area contributed by atoms with Gasteiger partial charge in [-0.1, -0.05) is 60.7 Å². The molecule has 0 atom stereocenters. The fourth-order valence-corrected chi connectivity index (χ4v) is 5.75. The van der Waals surface area contributed by atoms with Gasteiger partial charge in [-0.05, 0) is 47.7 Å². The lowest BCUT2D eigenvalue weighted by Gasteiger charge is -2.19. The third-order valence-electron chi connectivity index (χ3n) is 5.90. The van der Waals surface area contributed by atoms with Crippen LogP contribution in [-0.2, 0) is 26.0 Å². The highest BCUT2D eigenvalue weighted by molar-refractivity contribution is 7.92. The van der Waals surface area contributed by atoms with Crippen LogP contribution in [0.2, 0.25) is 0 Å². The molecule has 176 valence electrons. The SMILES string of the molecule is O=C(COC(=O)c1cccc(S(=O)(=O)N2CCc3ccccc32)c1)Nc1cccc2ccccc12. The number of hydrogen-bond donors (Lipinski definition) is 1. The van der Waals surface area contributed by atoms with Crippen LogP contribution in [0, 0.1) is 0 Å². The molecule has 0 fully saturated rings. The minimum atomic E-state index is -3.85. The number of benzene rings is 4. The largest absolute Gasteiger partial charge is 0.452 e. The molecule has 1 aliphatic heterocycles. The van der Waals surface area contributed by atoms with Crippen molar-refractivity contribution in [3.8, 4) is 0 Å². The predicted octanol–water partition coefficient (Wildman–Crippen LogP) is 4.39. The Labute approximate surface area is 203 Å². The second-order valence-corrected chi connectivity index (χ2v) is 10.00. The van der Waals surface area contributed by atoms with Gasteiger partial charge < -0.3 is 10.1 Å². The average molecular weight is 487 g/mol. The van der Waals surface area contributed by atoms with Crippen molar-refractivity contribution in [1.82, 2.24) is 0 Å². The number of ether oxygens (including phenoxy) is 1. The van der Waals surface area contributed by atoms with Crippen molar-refractivity contribution >= 4 is 44.0 Å². The lowest BCUT2D eigenvalue weighted by molar-refractivity contribution is -0.119. The molecule has 0 saturated heterocycles. The van der Waals surface area contributed by atoms with E-state index < -0.39 is 28.5 Å². The minimum absolute atomic E-state index is 0.0103. The lowest BCUT2D eigenvalue weighted by atomic mass is 10.1. The summed E-state index contributed by atoms with van der Waals surface area (Å²) in [5.41, 5.74) is 2.27. The van der Waals surface area contributed by atoms with Crippen LogP contribution < -0.4 is 9.62 Å². The molecule has 0 aromatic heterocycles. The molecule has 1 amide bonds. The summed E-state index contributed by atoms with van der Waals surface area (Å²) in [6.07, 6.45) is 0.628. The van der Waals surface area contributed by atoms with Crippen molar-refractivity contribution in [1.29, 1.82) is 0 Å². The zero-order valence-corrected chi connectivity index (χ0v) is 19.5. The zero-order chi connectivity index (χ0) is 24.4. The van der Waals surface area contributed by atoms with Crippen molar-refractivity contribution in [2.45, 2.75) is 11.3 Å². The molecular weight excluding hydrogens is 464 g/mol. The van der Waals surface area contributed by atoms with Crippen molar-refractivity contribution in [2.24, 2.45) is 0 Å². The first-order chi connectivity index (χ1) is 16.9. The number of esters is 1. The van der Waals surface area contributed by atoms with Gasteiger partial charge in [-0.2, -0.15) is 0 Å². The molecule has 4 aromatic rings. The average Bonchev–Trinajstić information content (AvgIpc) is 3.33. The molecule has 35 heavy (non-hydrogen) atoms. The van der Waals surface area contributed by atoms with Crippen LogP contribution in [0.4, 0.5) is 11.4 Å². The van der Waals surface area contributed by atoms with Gasteiger partial charge in [0, 0.05) is 17.6 Å². The maximum atomic E-state index is 13.3. The predicted molar refractivity (Wildman–Crippen MR) is 134 cm³/mol. The summed E-state index contributed by atoms with van der Waals surface area (Å²) in [4.78, 5) is 25.0. The lowest BCUT2D eigenvalue weighted by Crippen LogP contribution is -2.29. The van der Waals surface area contributed by atoms with Crippen molar-refractivity contribution in [3.63, 3.8) is 0 Å². The van der Waals surface area contributed by atoms with Gasteiger partial charge in [0.05, 0.1) is 16.1 Å². The summed E-state index contributed by atoms with van der Waals surface area (Å²) in [6.45, 7) is -0.163. The quantitative estimate of drug-likeness (QED) is 0.408. The van der Waals surface area contributed by atoms with E-state index in [1.165, 1.54) is 28.6 Å². The first-order valence-electron chi connectivity index (χ1n) is 11.1. The summed E-state index contributed by atoms with van der Waals surface area (Å²) in [5.74, 6) is -1.27. The topological polar surface area (TPSA) is 92.8 Å².